The van der Waals surface area contributed by atoms with Crippen molar-refractivity contribution in [1.82, 2.24) is 10.2 Å². The summed E-state index contributed by atoms with van der Waals surface area (Å²) >= 11 is 0. The number of rotatable bonds is 8. The molecular formula is C16H32N2O2. The van der Waals surface area contributed by atoms with Gasteiger partial charge in [-0.05, 0) is 51.7 Å². The third kappa shape index (κ3) is 5.06. The van der Waals surface area contributed by atoms with Crippen LogP contribution in [-0.2, 0) is 9.53 Å². The highest BCUT2D eigenvalue weighted by molar-refractivity contribution is 5.80. The van der Waals surface area contributed by atoms with Crippen LogP contribution in [0.5, 0.6) is 0 Å². The van der Waals surface area contributed by atoms with Gasteiger partial charge >= 0.3 is 5.97 Å². The Morgan fingerprint density at radius 1 is 1.35 bits per heavy atom. The number of nitrogens with one attached hydrogen (secondary N) is 1. The van der Waals surface area contributed by atoms with E-state index >= 15 is 0 Å². The molecular weight excluding hydrogens is 252 g/mol. The van der Waals surface area contributed by atoms with Crippen LogP contribution in [0.25, 0.3) is 0 Å². The number of carbonyl (C=O) groups excluding carboxylic acids is 1. The van der Waals surface area contributed by atoms with Gasteiger partial charge in [-0.15, -0.1) is 0 Å². The van der Waals surface area contributed by atoms with Gasteiger partial charge in [0.2, 0.25) is 0 Å². The highest BCUT2D eigenvalue weighted by Gasteiger charge is 2.33. The van der Waals surface area contributed by atoms with Gasteiger partial charge in [-0.3, -0.25) is 4.79 Å². The quantitative estimate of drug-likeness (QED) is 0.695. The lowest BCUT2D eigenvalue weighted by atomic mass is 9.91. The fraction of sp³-hybridized carbons (Fsp3) is 0.938. The number of likely N-dealkylation sites (tertiary alicyclic amines) is 1. The lowest BCUT2D eigenvalue weighted by molar-refractivity contribution is -0.148. The van der Waals surface area contributed by atoms with Crippen molar-refractivity contribution in [3.63, 3.8) is 0 Å². The minimum atomic E-state index is -0.552. The molecule has 1 unspecified atom stereocenters. The Kier molecular flexibility index (Phi) is 7.52. The molecule has 20 heavy (non-hydrogen) atoms. The minimum Gasteiger partial charge on any atom is -0.468 e. The van der Waals surface area contributed by atoms with Crippen molar-refractivity contribution < 1.29 is 9.53 Å². The van der Waals surface area contributed by atoms with Gasteiger partial charge in [0.05, 0.1) is 7.11 Å². The van der Waals surface area contributed by atoms with Crippen LogP contribution in [-0.4, -0.2) is 49.7 Å². The standard InChI is InChI=1S/C16H32N2O2/c1-5-7-14-8-11-18(12-9-14)13-10-16(3,17-6-2)15(19)20-4/h14,17H,5-13H2,1-4H3. The van der Waals surface area contributed by atoms with Gasteiger partial charge in [-0.2, -0.15) is 0 Å². The molecule has 0 aliphatic carbocycles. The van der Waals surface area contributed by atoms with Crippen LogP contribution in [0.4, 0.5) is 0 Å². The Hall–Kier alpha value is -0.610. The SMILES string of the molecule is CCCC1CCN(CCC(C)(NCC)C(=O)OC)CC1. The molecule has 0 radical (unpaired) electrons. The molecule has 1 rings (SSSR count). The summed E-state index contributed by atoms with van der Waals surface area (Å²) in [5.41, 5.74) is -0.552. The van der Waals surface area contributed by atoms with Gasteiger partial charge in [-0.1, -0.05) is 26.7 Å². The maximum Gasteiger partial charge on any atom is 0.325 e. The lowest BCUT2D eigenvalue weighted by Gasteiger charge is -2.35. The van der Waals surface area contributed by atoms with Crippen LogP contribution in [0, 0.1) is 5.92 Å². The van der Waals surface area contributed by atoms with E-state index in [0.717, 1.165) is 25.4 Å². The smallest absolute Gasteiger partial charge is 0.325 e. The van der Waals surface area contributed by atoms with Crippen molar-refractivity contribution in [2.24, 2.45) is 5.92 Å². The summed E-state index contributed by atoms with van der Waals surface area (Å²) in [6, 6.07) is 0. The third-order valence-corrected chi connectivity index (χ3v) is 4.53. The number of hydrogen-bond acceptors (Lipinski definition) is 4. The van der Waals surface area contributed by atoms with E-state index in [9.17, 15) is 4.79 Å². The van der Waals surface area contributed by atoms with Crippen LogP contribution >= 0.6 is 0 Å². The molecule has 0 aromatic rings. The molecule has 0 spiro atoms. The Balaban J connectivity index is 2.39. The molecule has 4 nitrogen and oxygen atoms in total. The number of nitrogens with zero attached hydrogens (tertiary/aromatic N) is 1. The van der Waals surface area contributed by atoms with Gasteiger partial charge in [0, 0.05) is 6.54 Å². The second-order valence-electron chi connectivity index (χ2n) is 6.18. The molecule has 0 bridgehead atoms. The summed E-state index contributed by atoms with van der Waals surface area (Å²) in [6.07, 6.45) is 6.09. The second-order valence-corrected chi connectivity index (χ2v) is 6.18. The molecule has 1 N–H and O–H groups in total. The number of hydrogen-bond donors (Lipinski definition) is 1. The summed E-state index contributed by atoms with van der Waals surface area (Å²) in [4.78, 5) is 14.4. The van der Waals surface area contributed by atoms with Gasteiger partial charge in [0.15, 0.2) is 0 Å². The fourth-order valence-corrected chi connectivity index (χ4v) is 3.17. The van der Waals surface area contributed by atoms with Crippen LogP contribution in [0.3, 0.4) is 0 Å². The molecule has 1 saturated heterocycles. The first-order chi connectivity index (χ1) is 9.55. The zero-order valence-corrected chi connectivity index (χ0v) is 13.7. The summed E-state index contributed by atoms with van der Waals surface area (Å²) in [7, 11) is 1.47. The predicted molar refractivity (Wildman–Crippen MR) is 82.8 cm³/mol. The highest BCUT2D eigenvalue weighted by atomic mass is 16.5. The van der Waals surface area contributed by atoms with E-state index in [0.29, 0.717) is 0 Å². The van der Waals surface area contributed by atoms with E-state index in [4.69, 9.17) is 4.74 Å². The molecule has 0 saturated carbocycles. The van der Waals surface area contributed by atoms with Crippen LogP contribution in [0.2, 0.25) is 0 Å². The average molecular weight is 284 g/mol. The zero-order valence-electron chi connectivity index (χ0n) is 13.7. The van der Waals surface area contributed by atoms with Gasteiger partial charge in [0.25, 0.3) is 0 Å². The summed E-state index contributed by atoms with van der Waals surface area (Å²) < 4.78 is 4.94. The van der Waals surface area contributed by atoms with Gasteiger partial charge in [-0.25, -0.2) is 0 Å². The van der Waals surface area contributed by atoms with Crippen molar-refractivity contribution in [1.29, 1.82) is 0 Å². The maximum absolute atomic E-state index is 11.9. The van der Waals surface area contributed by atoms with Crippen molar-refractivity contribution in [3.8, 4) is 0 Å². The first kappa shape index (κ1) is 17.4. The number of ether oxygens (including phenoxy) is 1. The Morgan fingerprint density at radius 2 is 2.00 bits per heavy atom. The number of methoxy groups -OCH3 is 1. The molecule has 1 fully saturated rings. The number of carbonyl (C=O) groups is 1. The second kappa shape index (κ2) is 8.63. The molecule has 1 aliphatic heterocycles. The molecule has 4 heteroatoms. The molecule has 0 amide bonds. The van der Waals surface area contributed by atoms with Crippen LogP contribution < -0.4 is 5.32 Å². The molecule has 118 valence electrons. The predicted octanol–water partition coefficient (Wildman–Crippen LogP) is 2.43. The topological polar surface area (TPSA) is 41.6 Å². The molecule has 0 aromatic heterocycles. The molecule has 0 aromatic carbocycles. The average Bonchev–Trinajstić information content (AvgIpc) is 2.46. The van der Waals surface area contributed by atoms with Crippen molar-refractivity contribution in [2.75, 3.05) is 33.3 Å². The summed E-state index contributed by atoms with van der Waals surface area (Å²) in [5, 5.41) is 3.28. The Labute approximate surface area is 124 Å². The van der Waals surface area contributed by atoms with E-state index in [2.05, 4.69) is 17.1 Å². The van der Waals surface area contributed by atoms with Crippen molar-refractivity contribution in [2.45, 2.75) is 58.4 Å². The zero-order chi connectivity index (χ0) is 15.0. The van der Waals surface area contributed by atoms with Gasteiger partial charge < -0.3 is 15.0 Å². The number of esters is 1. The molecule has 1 heterocycles. The first-order valence-electron chi connectivity index (χ1n) is 8.11. The summed E-state index contributed by atoms with van der Waals surface area (Å²) in [5.74, 6) is 0.761. The monoisotopic (exact) mass is 284 g/mol. The minimum absolute atomic E-state index is 0.153. The molecule has 1 atom stereocenters. The third-order valence-electron chi connectivity index (χ3n) is 4.53. The van der Waals surface area contributed by atoms with E-state index in [-0.39, 0.29) is 5.97 Å². The summed E-state index contributed by atoms with van der Waals surface area (Å²) in [6.45, 7) is 10.3. The van der Waals surface area contributed by atoms with E-state index in [1.807, 2.05) is 13.8 Å². The Morgan fingerprint density at radius 3 is 2.50 bits per heavy atom. The van der Waals surface area contributed by atoms with E-state index in [1.165, 1.54) is 45.9 Å². The molecule has 1 aliphatic rings. The lowest BCUT2D eigenvalue weighted by Crippen LogP contribution is -2.52. The Bertz CT molecular complexity index is 288. The van der Waals surface area contributed by atoms with Crippen LogP contribution in [0.1, 0.15) is 52.9 Å². The largest absolute Gasteiger partial charge is 0.468 e. The van der Waals surface area contributed by atoms with Crippen molar-refractivity contribution in [3.05, 3.63) is 0 Å². The van der Waals surface area contributed by atoms with E-state index in [1.54, 1.807) is 0 Å². The maximum atomic E-state index is 11.9. The first-order valence-corrected chi connectivity index (χ1v) is 8.11. The number of likely N-dealkylation sites (N-methyl/N-ethyl adjacent to an activating group) is 1. The van der Waals surface area contributed by atoms with Gasteiger partial charge in [0.1, 0.15) is 5.54 Å². The fourth-order valence-electron chi connectivity index (χ4n) is 3.17. The number of piperidine rings is 1. The highest BCUT2D eigenvalue weighted by Crippen LogP contribution is 2.22. The van der Waals surface area contributed by atoms with Crippen LogP contribution in [0.15, 0.2) is 0 Å². The van der Waals surface area contributed by atoms with Crippen molar-refractivity contribution >= 4 is 5.97 Å². The van der Waals surface area contributed by atoms with E-state index < -0.39 is 5.54 Å². The normalized spacial score (nSPS) is 20.6.